The molecule has 0 fully saturated rings. The summed E-state index contributed by atoms with van der Waals surface area (Å²) >= 11 is 0. The van der Waals surface area contributed by atoms with Crippen molar-refractivity contribution in [3.05, 3.63) is 84.2 Å². The molecular weight excluding hydrogens is 300 g/mol. The molecule has 1 N–H and O–H groups in total. The van der Waals surface area contributed by atoms with E-state index in [0.717, 1.165) is 28.2 Å². The van der Waals surface area contributed by atoms with Crippen LogP contribution in [0.4, 0.5) is 0 Å². The van der Waals surface area contributed by atoms with Crippen molar-refractivity contribution in [2.24, 2.45) is 0 Å². The summed E-state index contributed by atoms with van der Waals surface area (Å²) in [4.78, 5) is 0. The molecule has 2 aromatic carbocycles. The molecule has 1 aliphatic rings. The Morgan fingerprint density at radius 3 is 2.42 bits per heavy atom. The van der Waals surface area contributed by atoms with Gasteiger partial charge >= 0.3 is 0 Å². The van der Waals surface area contributed by atoms with Gasteiger partial charge in [-0.1, -0.05) is 42.5 Å². The first-order valence-electron chi connectivity index (χ1n) is 7.79. The summed E-state index contributed by atoms with van der Waals surface area (Å²) in [6.07, 6.45) is 9.33. The smallest absolute Gasteiger partial charge is 0.126 e. The number of benzene rings is 2. The lowest BCUT2D eigenvalue weighted by atomic mass is 9.95. The Kier molecular flexibility index (Phi) is 4.71. The maximum absolute atomic E-state index is 9.55. The van der Waals surface area contributed by atoms with Crippen molar-refractivity contribution in [1.29, 1.82) is 0 Å². The van der Waals surface area contributed by atoms with E-state index >= 15 is 0 Å². The first kappa shape index (κ1) is 15.9. The topological polar surface area (TPSA) is 38.7 Å². The Hall–Kier alpha value is -2.94. The van der Waals surface area contributed by atoms with Crippen molar-refractivity contribution in [1.82, 2.24) is 0 Å². The summed E-state index contributed by atoms with van der Waals surface area (Å²) in [5, 5.41) is 9.55. The molecule has 0 radical (unpaired) electrons. The first-order chi connectivity index (χ1) is 11.7. The number of rotatable bonds is 4. The fraction of sp³-hybridized carbons (Fsp3) is 0.143. The molecule has 0 spiro atoms. The Labute approximate surface area is 142 Å². The molecule has 0 heterocycles. The summed E-state index contributed by atoms with van der Waals surface area (Å²) in [5.74, 6) is 2.02. The van der Waals surface area contributed by atoms with Crippen molar-refractivity contribution in [3.63, 3.8) is 0 Å². The van der Waals surface area contributed by atoms with Crippen LogP contribution >= 0.6 is 0 Å². The molecule has 0 saturated heterocycles. The molecule has 24 heavy (non-hydrogen) atoms. The normalized spacial score (nSPS) is 16.4. The van der Waals surface area contributed by atoms with Crippen LogP contribution in [0.5, 0.6) is 11.5 Å². The van der Waals surface area contributed by atoms with Crippen LogP contribution in [-0.4, -0.2) is 19.3 Å². The molecule has 1 aliphatic carbocycles. The molecule has 0 amide bonds. The van der Waals surface area contributed by atoms with E-state index in [1.54, 1.807) is 26.4 Å². The van der Waals surface area contributed by atoms with Crippen molar-refractivity contribution in [2.75, 3.05) is 14.2 Å². The number of aliphatic hydroxyl groups is 1. The zero-order valence-electron chi connectivity index (χ0n) is 13.8. The highest BCUT2D eigenvalue weighted by Gasteiger charge is 2.10. The lowest BCUT2D eigenvalue weighted by Gasteiger charge is -2.12. The fourth-order valence-electron chi connectivity index (χ4n) is 2.74. The maximum atomic E-state index is 9.55. The number of hydrogen-bond donors (Lipinski definition) is 1. The number of methoxy groups -OCH3 is 2. The minimum atomic E-state index is 0.146. The third kappa shape index (κ3) is 3.35. The van der Waals surface area contributed by atoms with Crippen LogP contribution in [0.2, 0.25) is 0 Å². The molecular formula is C21H20O3. The Bertz CT molecular complexity index is 798. The van der Waals surface area contributed by atoms with Gasteiger partial charge in [0.2, 0.25) is 0 Å². The van der Waals surface area contributed by atoms with E-state index in [9.17, 15) is 5.11 Å². The van der Waals surface area contributed by atoms with Gasteiger partial charge in [-0.3, -0.25) is 0 Å². The lowest BCUT2D eigenvalue weighted by molar-refractivity contribution is 0.404. The van der Waals surface area contributed by atoms with Gasteiger partial charge in [-0.25, -0.2) is 0 Å². The summed E-state index contributed by atoms with van der Waals surface area (Å²) in [5.41, 5.74) is 3.22. The average Bonchev–Trinajstić information content (AvgIpc) is 2.86. The zero-order valence-corrected chi connectivity index (χ0v) is 13.8. The van der Waals surface area contributed by atoms with Crippen LogP contribution in [0.1, 0.15) is 11.5 Å². The second-order valence-corrected chi connectivity index (χ2v) is 5.55. The lowest BCUT2D eigenvalue weighted by Crippen LogP contribution is -1.93. The van der Waals surface area contributed by atoms with Crippen molar-refractivity contribution in [2.45, 2.75) is 5.92 Å². The standard InChI is InChI=1S/C21H20O3/c1-23-19-12-13-21(24-2)20(14-19)17-8-6-16(7-9-17)15-4-3-5-18(22)11-10-15/h3-15,22H,1-2H3. The van der Waals surface area contributed by atoms with E-state index in [4.69, 9.17) is 9.47 Å². The second-order valence-electron chi connectivity index (χ2n) is 5.55. The van der Waals surface area contributed by atoms with E-state index in [0.29, 0.717) is 0 Å². The van der Waals surface area contributed by atoms with Crippen LogP contribution in [-0.2, 0) is 0 Å². The number of allylic oxidation sites excluding steroid dienone is 5. The van der Waals surface area contributed by atoms with Gasteiger partial charge in [0.15, 0.2) is 0 Å². The summed E-state index contributed by atoms with van der Waals surface area (Å²) in [6.45, 7) is 0. The van der Waals surface area contributed by atoms with Gasteiger partial charge in [-0.2, -0.15) is 0 Å². The number of ether oxygens (including phenoxy) is 2. The van der Waals surface area contributed by atoms with Crippen molar-refractivity contribution < 1.29 is 14.6 Å². The van der Waals surface area contributed by atoms with E-state index in [-0.39, 0.29) is 11.7 Å². The zero-order chi connectivity index (χ0) is 16.9. The predicted molar refractivity (Wildman–Crippen MR) is 96.7 cm³/mol. The van der Waals surface area contributed by atoms with Gasteiger partial charge in [0.1, 0.15) is 17.3 Å². The van der Waals surface area contributed by atoms with Crippen LogP contribution in [0.3, 0.4) is 0 Å². The molecule has 0 aliphatic heterocycles. The Morgan fingerprint density at radius 1 is 0.917 bits per heavy atom. The van der Waals surface area contributed by atoms with E-state index in [1.165, 1.54) is 0 Å². The van der Waals surface area contributed by atoms with E-state index in [2.05, 4.69) is 30.3 Å². The predicted octanol–water partition coefficient (Wildman–Crippen LogP) is 5.02. The SMILES string of the molecule is COc1ccc(OC)c(-c2ccc(C3C=CC=C(O)C=C3)cc2)c1. The van der Waals surface area contributed by atoms with Crippen LogP contribution in [0, 0.1) is 0 Å². The molecule has 3 heteroatoms. The van der Waals surface area contributed by atoms with Gasteiger partial charge in [0, 0.05) is 11.5 Å². The Balaban J connectivity index is 1.91. The molecule has 0 saturated carbocycles. The van der Waals surface area contributed by atoms with Crippen molar-refractivity contribution in [3.8, 4) is 22.6 Å². The van der Waals surface area contributed by atoms with Gasteiger partial charge in [-0.05, 0) is 41.5 Å². The third-order valence-electron chi connectivity index (χ3n) is 4.07. The number of aliphatic hydroxyl groups excluding tert-OH is 1. The summed E-state index contributed by atoms with van der Waals surface area (Å²) < 4.78 is 10.8. The average molecular weight is 320 g/mol. The minimum absolute atomic E-state index is 0.146. The van der Waals surface area contributed by atoms with E-state index in [1.807, 2.05) is 30.4 Å². The van der Waals surface area contributed by atoms with Gasteiger partial charge in [-0.15, -0.1) is 0 Å². The van der Waals surface area contributed by atoms with Crippen LogP contribution < -0.4 is 9.47 Å². The Morgan fingerprint density at radius 2 is 1.71 bits per heavy atom. The second kappa shape index (κ2) is 7.09. The molecule has 0 bridgehead atoms. The van der Waals surface area contributed by atoms with Gasteiger partial charge in [0.25, 0.3) is 0 Å². The van der Waals surface area contributed by atoms with Gasteiger partial charge in [0.05, 0.1) is 14.2 Å². The molecule has 3 rings (SSSR count). The molecule has 1 atom stereocenters. The highest BCUT2D eigenvalue weighted by Crippen LogP contribution is 2.34. The molecule has 2 aromatic rings. The fourth-order valence-corrected chi connectivity index (χ4v) is 2.74. The van der Waals surface area contributed by atoms with Crippen LogP contribution in [0.25, 0.3) is 11.1 Å². The van der Waals surface area contributed by atoms with Crippen LogP contribution in [0.15, 0.2) is 78.6 Å². The third-order valence-corrected chi connectivity index (χ3v) is 4.07. The minimum Gasteiger partial charge on any atom is -0.508 e. The van der Waals surface area contributed by atoms with Gasteiger partial charge < -0.3 is 14.6 Å². The maximum Gasteiger partial charge on any atom is 0.126 e. The van der Waals surface area contributed by atoms with E-state index < -0.39 is 0 Å². The molecule has 122 valence electrons. The quantitative estimate of drug-likeness (QED) is 0.859. The summed E-state index contributed by atoms with van der Waals surface area (Å²) in [6, 6.07) is 14.1. The molecule has 3 nitrogen and oxygen atoms in total. The first-order valence-corrected chi connectivity index (χ1v) is 7.79. The monoisotopic (exact) mass is 320 g/mol. The highest BCUT2D eigenvalue weighted by atomic mass is 16.5. The molecule has 1 unspecified atom stereocenters. The number of hydrogen-bond acceptors (Lipinski definition) is 3. The molecule has 0 aromatic heterocycles. The highest BCUT2D eigenvalue weighted by molar-refractivity contribution is 5.72. The summed E-state index contributed by atoms with van der Waals surface area (Å²) in [7, 11) is 3.32. The van der Waals surface area contributed by atoms with Crippen molar-refractivity contribution >= 4 is 0 Å². The largest absolute Gasteiger partial charge is 0.508 e.